The van der Waals surface area contributed by atoms with Crippen LogP contribution in [-0.4, -0.2) is 61.0 Å². The summed E-state index contributed by atoms with van der Waals surface area (Å²) < 4.78 is 9.37. The Morgan fingerprint density at radius 2 is 1.67 bits per heavy atom. The molecule has 9 nitrogen and oxygen atoms in total. The first-order chi connectivity index (χ1) is 20.7. The zero-order valence-electron chi connectivity index (χ0n) is 22.9. The molecule has 4 heterocycles. The van der Waals surface area contributed by atoms with Crippen molar-refractivity contribution in [1.29, 1.82) is 0 Å². The van der Waals surface area contributed by atoms with Crippen molar-refractivity contribution in [2.24, 2.45) is 0 Å². The number of nitrogens with zero attached hydrogens (tertiary/aromatic N) is 6. The van der Waals surface area contributed by atoms with Crippen LogP contribution >= 0.6 is 0 Å². The third kappa shape index (κ3) is 5.30. The number of amides is 1. The molecule has 42 heavy (non-hydrogen) atoms. The Kier molecular flexibility index (Phi) is 7.01. The summed E-state index contributed by atoms with van der Waals surface area (Å²) in [6.45, 7) is 4.10. The number of anilines is 1. The summed E-state index contributed by atoms with van der Waals surface area (Å²) in [5, 5.41) is 3.07. The molecule has 1 fully saturated rings. The molecule has 208 valence electrons. The number of morpholine rings is 1. The van der Waals surface area contributed by atoms with Crippen LogP contribution in [0.15, 0.2) is 110 Å². The maximum atomic E-state index is 13.2. The van der Waals surface area contributed by atoms with Crippen molar-refractivity contribution in [1.82, 2.24) is 28.8 Å². The van der Waals surface area contributed by atoms with E-state index in [1.54, 1.807) is 12.4 Å². The monoisotopic (exact) mass is 555 g/mol. The Hall–Kier alpha value is -5.12. The van der Waals surface area contributed by atoms with E-state index in [2.05, 4.69) is 26.3 Å². The molecule has 1 aliphatic heterocycles. The van der Waals surface area contributed by atoms with Gasteiger partial charge < -0.3 is 14.5 Å². The number of benzene rings is 3. The third-order valence-corrected chi connectivity index (χ3v) is 7.37. The summed E-state index contributed by atoms with van der Waals surface area (Å²) in [6.07, 6.45) is 9.27. The summed E-state index contributed by atoms with van der Waals surface area (Å²) in [4.78, 5) is 29.8. The van der Waals surface area contributed by atoms with Crippen molar-refractivity contribution >= 4 is 17.2 Å². The van der Waals surface area contributed by atoms with Crippen LogP contribution in [0, 0.1) is 0 Å². The number of aromatic nitrogens is 5. The van der Waals surface area contributed by atoms with Crippen molar-refractivity contribution in [3.8, 4) is 28.5 Å². The van der Waals surface area contributed by atoms with Gasteiger partial charge in [-0.3, -0.25) is 14.3 Å². The number of nitrogens with one attached hydrogen (secondary N) is 1. The molecule has 3 aromatic heterocycles. The number of carbonyl (C=O) groups excluding carboxylic acids is 1. The van der Waals surface area contributed by atoms with E-state index in [-0.39, 0.29) is 5.91 Å². The average molecular weight is 556 g/mol. The molecule has 1 amide bonds. The van der Waals surface area contributed by atoms with Crippen molar-refractivity contribution in [2.75, 3.05) is 31.6 Å². The van der Waals surface area contributed by atoms with E-state index >= 15 is 0 Å². The zero-order valence-corrected chi connectivity index (χ0v) is 22.9. The molecule has 0 unspecified atom stereocenters. The lowest BCUT2D eigenvalue weighted by Gasteiger charge is -2.26. The second kappa shape index (κ2) is 11.4. The zero-order chi connectivity index (χ0) is 28.3. The van der Waals surface area contributed by atoms with Crippen LogP contribution in [-0.2, 0) is 11.3 Å². The SMILES string of the molecule is O=C(Nc1cccc(-c2cn3ccnc3c(-n3ccnc3-c3ccccc3)n2)c1)c1cccc(CN2CCOCC2)c1. The maximum absolute atomic E-state index is 13.2. The van der Waals surface area contributed by atoms with Gasteiger partial charge in [-0.2, -0.15) is 0 Å². The average Bonchev–Trinajstić information content (AvgIpc) is 3.72. The number of fused-ring (bicyclic) bond motifs is 1. The number of rotatable bonds is 7. The van der Waals surface area contributed by atoms with Crippen LogP contribution in [0.2, 0.25) is 0 Å². The molecule has 0 aliphatic carbocycles. The molecule has 3 aromatic carbocycles. The molecular weight excluding hydrogens is 526 g/mol. The van der Waals surface area contributed by atoms with Crippen LogP contribution in [0.1, 0.15) is 15.9 Å². The molecule has 6 aromatic rings. The number of carbonyl (C=O) groups is 1. The van der Waals surface area contributed by atoms with Gasteiger partial charge >= 0.3 is 0 Å². The summed E-state index contributed by atoms with van der Waals surface area (Å²) in [7, 11) is 0. The highest BCUT2D eigenvalue weighted by Gasteiger charge is 2.16. The van der Waals surface area contributed by atoms with E-state index in [4.69, 9.17) is 9.72 Å². The van der Waals surface area contributed by atoms with Gasteiger partial charge in [0.25, 0.3) is 5.91 Å². The summed E-state index contributed by atoms with van der Waals surface area (Å²) in [6, 6.07) is 25.6. The van der Waals surface area contributed by atoms with E-state index in [1.165, 1.54) is 0 Å². The second-order valence-electron chi connectivity index (χ2n) is 10.2. The van der Waals surface area contributed by atoms with Crippen molar-refractivity contribution < 1.29 is 9.53 Å². The van der Waals surface area contributed by atoms with Crippen LogP contribution < -0.4 is 5.32 Å². The molecule has 1 saturated heterocycles. The Labute approximate surface area is 243 Å². The van der Waals surface area contributed by atoms with Gasteiger partial charge in [0, 0.05) is 73.0 Å². The minimum absolute atomic E-state index is 0.152. The first kappa shape index (κ1) is 25.8. The van der Waals surface area contributed by atoms with Crippen LogP contribution in [0.25, 0.3) is 34.1 Å². The normalized spacial score (nSPS) is 13.8. The summed E-state index contributed by atoms with van der Waals surface area (Å²) in [5.41, 5.74) is 5.74. The fraction of sp³-hybridized carbons (Fsp3) is 0.152. The van der Waals surface area contributed by atoms with E-state index in [0.717, 1.165) is 66.7 Å². The number of hydrogen-bond donors (Lipinski definition) is 1. The molecule has 0 radical (unpaired) electrons. The molecule has 0 bridgehead atoms. The molecular formula is C33H29N7O2. The van der Waals surface area contributed by atoms with Gasteiger partial charge in [0.05, 0.1) is 18.9 Å². The molecule has 0 saturated carbocycles. The molecule has 1 N–H and O–H groups in total. The summed E-state index contributed by atoms with van der Waals surface area (Å²) in [5.74, 6) is 1.29. The molecule has 1 aliphatic rings. The largest absolute Gasteiger partial charge is 0.379 e. The Balaban J connectivity index is 1.17. The standard InChI is InChI=1S/C33H29N7O2/c41-33(27-10-4-6-24(20-27)22-38-16-18-42-19-17-38)36-28-11-5-9-26(21-28)29-23-39-14-12-35-31(39)32(37-29)40-15-13-34-30(40)25-7-2-1-3-8-25/h1-15,20-21,23H,16-19,22H2,(H,36,41). The van der Waals surface area contributed by atoms with Gasteiger partial charge in [-0.05, 0) is 29.8 Å². The van der Waals surface area contributed by atoms with Gasteiger partial charge in [-0.25, -0.2) is 15.0 Å². The van der Waals surface area contributed by atoms with Crippen molar-refractivity contribution in [2.45, 2.75) is 6.54 Å². The van der Waals surface area contributed by atoms with E-state index in [1.807, 2.05) is 100 Å². The van der Waals surface area contributed by atoms with Crippen molar-refractivity contribution in [3.63, 3.8) is 0 Å². The highest BCUT2D eigenvalue weighted by Crippen LogP contribution is 2.27. The smallest absolute Gasteiger partial charge is 0.255 e. The highest BCUT2D eigenvalue weighted by atomic mass is 16.5. The third-order valence-electron chi connectivity index (χ3n) is 7.37. The summed E-state index contributed by atoms with van der Waals surface area (Å²) >= 11 is 0. The molecule has 0 spiro atoms. The predicted molar refractivity (Wildman–Crippen MR) is 161 cm³/mol. The lowest BCUT2D eigenvalue weighted by atomic mass is 10.1. The first-order valence-corrected chi connectivity index (χ1v) is 13.9. The fourth-order valence-corrected chi connectivity index (χ4v) is 5.28. The van der Waals surface area contributed by atoms with Crippen molar-refractivity contribution in [3.05, 3.63) is 121 Å². The number of hydrogen-bond acceptors (Lipinski definition) is 6. The Morgan fingerprint density at radius 1 is 0.857 bits per heavy atom. The van der Waals surface area contributed by atoms with E-state index < -0.39 is 0 Å². The van der Waals surface area contributed by atoms with E-state index in [0.29, 0.717) is 17.1 Å². The lowest BCUT2D eigenvalue weighted by Crippen LogP contribution is -2.35. The second-order valence-corrected chi connectivity index (χ2v) is 10.2. The first-order valence-electron chi connectivity index (χ1n) is 13.9. The Bertz CT molecular complexity index is 1860. The van der Waals surface area contributed by atoms with Gasteiger partial charge in [-0.1, -0.05) is 54.6 Å². The lowest BCUT2D eigenvalue weighted by molar-refractivity contribution is 0.0342. The van der Waals surface area contributed by atoms with Crippen LogP contribution in [0.5, 0.6) is 0 Å². The van der Waals surface area contributed by atoms with E-state index in [9.17, 15) is 4.79 Å². The molecule has 0 atom stereocenters. The van der Waals surface area contributed by atoms with Gasteiger partial charge in [0.15, 0.2) is 11.5 Å². The highest BCUT2D eigenvalue weighted by molar-refractivity contribution is 6.04. The minimum Gasteiger partial charge on any atom is -0.379 e. The fourth-order valence-electron chi connectivity index (χ4n) is 5.28. The number of ether oxygens (including phenoxy) is 1. The quantitative estimate of drug-likeness (QED) is 0.286. The number of imidazole rings is 2. The molecule has 9 heteroatoms. The Morgan fingerprint density at radius 3 is 2.55 bits per heavy atom. The molecule has 7 rings (SSSR count). The van der Waals surface area contributed by atoms with Gasteiger partial charge in [0.2, 0.25) is 0 Å². The topological polar surface area (TPSA) is 89.6 Å². The van der Waals surface area contributed by atoms with Crippen LogP contribution in [0.4, 0.5) is 5.69 Å². The van der Waals surface area contributed by atoms with Crippen LogP contribution in [0.3, 0.4) is 0 Å². The van der Waals surface area contributed by atoms with Gasteiger partial charge in [-0.15, -0.1) is 0 Å². The predicted octanol–water partition coefficient (Wildman–Crippen LogP) is 5.33. The van der Waals surface area contributed by atoms with Gasteiger partial charge in [0.1, 0.15) is 5.82 Å². The maximum Gasteiger partial charge on any atom is 0.255 e. The minimum atomic E-state index is -0.152.